The van der Waals surface area contributed by atoms with Gasteiger partial charge in [-0.2, -0.15) is 0 Å². The summed E-state index contributed by atoms with van der Waals surface area (Å²) in [7, 11) is 3.30. The van der Waals surface area contributed by atoms with Gasteiger partial charge in [-0.05, 0) is 31.0 Å². The highest BCUT2D eigenvalue weighted by molar-refractivity contribution is 6.04. The van der Waals surface area contributed by atoms with Crippen molar-refractivity contribution in [3.05, 3.63) is 23.8 Å². The summed E-state index contributed by atoms with van der Waals surface area (Å²) in [6.07, 6.45) is 3.29. The van der Waals surface area contributed by atoms with Crippen molar-refractivity contribution in [2.45, 2.75) is 25.0 Å². The van der Waals surface area contributed by atoms with Crippen molar-refractivity contribution in [1.29, 1.82) is 0 Å². The summed E-state index contributed by atoms with van der Waals surface area (Å²) in [5, 5.41) is 4.51. The zero-order valence-corrected chi connectivity index (χ0v) is 14.3. The lowest BCUT2D eigenvalue weighted by molar-refractivity contribution is -0.172. The number of rotatable bonds is 4. The lowest BCUT2D eigenvalue weighted by atomic mass is 9.89. The highest BCUT2D eigenvalue weighted by Crippen LogP contribution is 2.48. The van der Waals surface area contributed by atoms with Gasteiger partial charge in [-0.3, -0.25) is 4.90 Å². The summed E-state index contributed by atoms with van der Waals surface area (Å²) in [5.41, 5.74) is 1.79. The molecule has 0 spiro atoms. The molecule has 3 aliphatic rings. The van der Waals surface area contributed by atoms with E-state index in [0.717, 1.165) is 68.3 Å². The van der Waals surface area contributed by atoms with E-state index in [2.05, 4.69) is 10.1 Å². The predicted molar refractivity (Wildman–Crippen MR) is 89.6 cm³/mol. The van der Waals surface area contributed by atoms with Crippen LogP contribution in [0.2, 0.25) is 0 Å². The summed E-state index contributed by atoms with van der Waals surface area (Å²) in [6.45, 7) is 3.35. The number of nitrogens with zero attached hydrogens (tertiary/aromatic N) is 2. The summed E-state index contributed by atoms with van der Waals surface area (Å²) in [5.74, 6) is 1.75. The van der Waals surface area contributed by atoms with Crippen LogP contribution >= 0.6 is 0 Å². The molecule has 4 rings (SSSR count). The number of hydrogen-bond donors (Lipinski definition) is 0. The van der Waals surface area contributed by atoms with E-state index >= 15 is 0 Å². The first-order valence-electron chi connectivity index (χ1n) is 8.60. The number of hydrogen-bond acceptors (Lipinski definition) is 6. The number of methoxy groups -OCH3 is 2. The minimum atomic E-state index is -0.285. The Bertz CT molecular complexity index is 642. The van der Waals surface area contributed by atoms with Crippen LogP contribution in [-0.2, 0) is 9.57 Å². The molecule has 2 fully saturated rings. The van der Waals surface area contributed by atoms with Crippen molar-refractivity contribution in [3.63, 3.8) is 0 Å². The Balaban J connectivity index is 1.63. The number of ether oxygens (including phenoxy) is 3. The standard InChI is InChI=1S/C18H24N2O4/c1-21-15-6-5-13(12-16(15)22-2)17-14-4-3-7-18(14,24-19-17)20-8-10-23-11-9-20/h5-6,12,14H,3-4,7-11H2,1-2H3. The molecule has 2 heterocycles. The molecule has 24 heavy (non-hydrogen) atoms. The fraction of sp³-hybridized carbons (Fsp3) is 0.611. The summed E-state index contributed by atoms with van der Waals surface area (Å²) < 4.78 is 16.3. The van der Waals surface area contributed by atoms with E-state index in [-0.39, 0.29) is 5.72 Å². The van der Waals surface area contributed by atoms with E-state index in [4.69, 9.17) is 19.0 Å². The second-order valence-corrected chi connectivity index (χ2v) is 6.53. The van der Waals surface area contributed by atoms with Gasteiger partial charge in [0.05, 0.1) is 39.1 Å². The molecule has 1 aromatic rings. The van der Waals surface area contributed by atoms with Gasteiger partial charge in [0.1, 0.15) is 0 Å². The van der Waals surface area contributed by atoms with Crippen molar-refractivity contribution >= 4 is 5.71 Å². The van der Waals surface area contributed by atoms with E-state index in [0.29, 0.717) is 5.92 Å². The third-order valence-corrected chi connectivity index (χ3v) is 5.43. The van der Waals surface area contributed by atoms with Crippen LogP contribution in [0.15, 0.2) is 23.4 Å². The molecule has 0 N–H and O–H groups in total. The molecule has 2 unspecified atom stereocenters. The zero-order valence-electron chi connectivity index (χ0n) is 14.3. The van der Waals surface area contributed by atoms with Gasteiger partial charge in [0.15, 0.2) is 17.2 Å². The third-order valence-electron chi connectivity index (χ3n) is 5.43. The fourth-order valence-corrected chi connectivity index (χ4v) is 4.24. The monoisotopic (exact) mass is 332 g/mol. The van der Waals surface area contributed by atoms with E-state index in [1.807, 2.05) is 18.2 Å². The highest BCUT2D eigenvalue weighted by Gasteiger charge is 2.56. The minimum absolute atomic E-state index is 0.285. The van der Waals surface area contributed by atoms with Crippen LogP contribution < -0.4 is 9.47 Å². The molecule has 1 saturated carbocycles. The maximum Gasteiger partial charge on any atom is 0.200 e. The Hall–Kier alpha value is -1.79. The van der Waals surface area contributed by atoms with E-state index in [1.165, 1.54) is 0 Å². The molecule has 0 bridgehead atoms. The van der Waals surface area contributed by atoms with Crippen LogP contribution in [0.4, 0.5) is 0 Å². The molecular formula is C18H24N2O4. The number of oxime groups is 1. The molecule has 1 aliphatic carbocycles. The molecule has 6 nitrogen and oxygen atoms in total. The van der Waals surface area contributed by atoms with Crippen LogP contribution in [0.25, 0.3) is 0 Å². The minimum Gasteiger partial charge on any atom is -0.493 e. The summed E-state index contributed by atoms with van der Waals surface area (Å²) >= 11 is 0. The molecule has 6 heteroatoms. The van der Waals surface area contributed by atoms with Crippen molar-refractivity contribution in [2.24, 2.45) is 11.1 Å². The first kappa shape index (κ1) is 15.7. The second-order valence-electron chi connectivity index (χ2n) is 6.53. The molecule has 2 aliphatic heterocycles. The van der Waals surface area contributed by atoms with Gasteiger partial charge in [-0.1, -0.05) is 5.16 Å². The lowest BCUT2D eigenvalue weighted by Gasteiger charge is -2.41. The number of morpholine rings is 1. The van der Waals surface area contributed by atoms with E-state index < -0.39 is 0 Å². The Morgan fingerprint density at radius 3 is 2.71 bits per heavy atom. The van der Waals surface area contributed by atoms with E-state index in [1.54, 1.807) is 14.2 Å². The number of benzene rings is 1. The topological polar surface area (TPSA) is 52.5 Å². The van der Waals surface area contributed by atoms with Gasteiger partial charge >= 0.3 is 0 Å². The van der Waals surface area contributed by atoms with Crippen molar-refractivity contribution in [2.75, 3.05) is 40.5 Å². The normalized spacial score (nSPS) is 29.8. The molecule has 2 atom stereocenters. The smallest absolute Gasteiger partial charge is 0.200 e. The Morgan fingerprint density at radius 1 is 1.17 bits per heavy atom. The largest absolute Gasteiger partial charge is 0.493 e. The lowest BCUT2D eigenvalue weighted by Crippen LogP contribution is -2.55. The number of fused-ring (bicyclic) bond motifs is 1. The quantitative estimate of drug-likeness (QED) is 0.847. The second kappa shape index (κ2) is 6.26. The Labute approximate surface area is 142 Å². The molecule has 1 aromatic carbocycles. The SMILES string of the molecule is COc1ccc(C2=NOC3(N4CCOCC4)CCCC23)cc1OC. The summed E-state index contributed by atoms with van der Waals surface area (Å²) in [6, 6.07) is 5.96. The van der Waals surface area contributed by atoms with Crippen LogP contribution in [-0.4, -0.2) is 56.9 Å². The van der Waals surface area contributed by atoms with Crippen LogP contribution in [0, 0.1) is 5.92 Å². The molecule has 0 amide bonds. The molecule has 0 radical (unpaired) electrons. The third kappa shape index (κ3) is 2.36. The molecular weight excluding hydrogens is 308 g/mol. The zero-order chi connectivity index (χ0) is 16.6. The van der Waals surface area contributed by atoms with Gasteiger partial charge in [-0.25, -0.2) is 0 Å². The average Bonchev–Trinajstić information content (AvgIpc) is 3.22. The maximum atomic E-state index is 6.09. The molecule has 0 aromatic heterocycles. The van der Waals surface area contributed by atoms with Crippen LogP contribution in [0.1, 0.15) is 24.8 Å². The van der Waals surface area contributed by atoms with Crippen molar-refractivity contribution < 1.29 is 19.0 Å². The first-order chi connectivity index (χ1) is 11.8. The van der Waals surface area contributed by atoms with Gasteiger partial charge in [-0.15, -0.1) is 0 Å². The first-order valence-corrected chi connectivity index (χ1v) is 8.60. The van der Waals surface area contributed by atoms with Gasteiger partial charge in [0.2, 0.25) is 0 Å². The Morgan fingerprint density at radius 2 is 1.96 bits per heavy atom. The molecule has 130 valence electrons. The van der Waals surface area contributed by atoms with Gasteiger partial charge in [0, 0.05) is 25.1 Å². The van der Waals surface area contributed by atoms with Crippen molar-refractivity contribution in [3.8, 4) is 11.5 Å². The fourth-order valence-electron chi connectivity index (χ4n) is 4.24. The summed E-state index contributed by atoms with van der Waals surface area (Å²) in [4.78, 5) is 8.51. The van der Waals surface area contributed by atoms with E-state index in [9.17, 15) is 0 Å². The average molecular weight is 332 g/mol. The highest BCUT2D eigenvalue weighted by atomic mass is 16.7. The maximum absolute atomic E-state index is 6.09. The molecule has 1 saturated heterocycles. The van der Waals surface area contributed by atoms with Crippen molar-refractivity contribution in [1.82, 2.24) is 4.90 Å². The predicted octanol–water partition coefficient (Wildman–Crippen LogP) is 2.27. The Kier molecular flexibility index (Phi) is 4.10. The van der Waals surface area contributed by atoms with Crippen LogP contribution in [0.3, 0.4) is 0 Å². The van der Waals surface area contributed by atoms with Gasteiger partial charge < -0.3 is 19.0 Å². The van der Waals surface area contributed by atoms with Gasteiger partial charge in [0.25, 0.3) is 0 Å². The van der Waals surface area contributed by atoms with Crippen LogP contribution in [0.5, 0.6) is 11.5 Å².